The van der Waals surface area contributed by atoms with E-state index in [0.717, 1.165) is 5.69 Å². The van der Waals surface area contributed by atoms with E-state index in [9.17, 15) is 9.59 Å². The molecular weight excluding hydrogens is 388 g/mol. The molecule has 0 spiro atoms. The van der Waals surface area contributed by atoms with E-state index in [4.69, 9.17) is 4.74 Å². The zero-order chi connectivity index (χ0) is 22.4. The summed E-state index contributed by atoms with van der Waals surface area (Å²) in [7, 11) is 1.73. The van der Waals surface area contributed by atoms with E-state index in [1.54, 1.807) is 36.2 Å². The fraction of sp³-hybridized carbons (Fsp3) is 0.231. The first-order valence-electron chi connectivity index (χ1n) is 10.2. The van der Waals surface area contributed by atoms with Crippen molar-refractivity contribution in [2.24, 2.45) is 0 Å². The SMILES string of the molecule is CN(C(=O)c1ccc(NC(=O)COc2ccc(C(C)(C)C)cc2)cc1)c1ccccc1. The van der Waals surface area contributed by atoms with Crippen molar-refractivity contribution in [3.05, 3.63) is 90.0 Å². The fourth-order valence-corrected chi connectivity index (χ4v) is 3.06. The Bertz CT molecular complexity index is 1020. The minimum Gasteiger partial charge on any atom is -0.484 e. The fourth-order valence-electron chi connectivity index (χ4n) is 3.06. The maximum atomic E-state index is 12.6. The summed E-state index contributed by atoms with van der Waals surface area (Å²) in [5.74, 6) is 0.263. The number of para-hydroxylation sites is 1. The number of carbonyl (C=O) groups excluding carboxylic acids is 2. The Morgan fingerprint density at radius 2 is 1.48 bits per heavy atom. The standard InChI is InChI=1S/C26H28N2O3/c1-26(2,3)20-12-16-23(17-13-20)31-18-24(29)27-21-14-10-19(11-15-21)25(30)28(4)22-8-6-5-7-9-22/h5-17H,18H2,1-4H3,(H,27,29). The van der Waals surface area contributed by atoms with Crippen LogP contribution in [0.5, 0.6) is 5.75 Å². The monoisotopic (exact) mass is 416 g/mol. The van der Waals surface area contributed by atoms with Crippen molar-refractivity contribution in [2.45, 2.75) is 26.2 Å². The number of carbonyl (C=O) groups is 2. The van der Waals surface area contributed by atoms with Gasteiger partial charge in [-0.15, -0.1) is 0 Å². The Kier molecular flexibility index (Phi) is 6.75. The molecule has 0 aromatic heterocycles. The van der Waals surface area contributed by atoms with E-state index in [2.05, 4.69) is 26.1 Å². The number of hydrogen-bond donors (Lipinski definition) is 1. The molecular formula is C26H28N2O3. The van der Waals surface area contributed by atoms with Crippen LogP contribution in [-0.4, -0.2) is 25.5 Å². The van der Waals surface area contributed by atoms with Crippen molar-refractivity contribution in [1.29, 1.82) is 0 Å². The van der Waals surface area contributed by atoms with E-state index in [1.807, 2.05) is 54.6 Å². The van der Waals surface area contributed by atoms with Crippen molar-refractivity contribution >= 4 is 23.2 Å². The number of ether oxygens (including phenoxy) is 1. The van der Waals surface area contributed by atoms with Crippen molar-refractivity contribution < 1.29 is 14.3 Å². The summed E-state index contributed by atoms with van der Waals surface area (Å²) < 4.78 is 5.58. The Hall–Kier alpha value is -3.60. The average Bonchev–Trinajstić information content (AvgIpc) is 2.77. The van der Waals surface area contributed by atoms with Gasteiger partial charge in [0.2, 0.25) is 0 Å². The third kappa shape index (κ3) is 5.95. The summed E-state index contributed by atoms with van der Waals surface area (Å²) in [6.07, 6.45) is 0. The minimum atomic E-state index is -0.264. The van der Waals surface area contributed by atoms with Crippen LogP contribution in [0.1, 0.15) is 36.7 Å². The maximum Gasteiger partial charge on any atom is 0.262 e. The molecule has 0 fully saturated rings. The van der Waals surface area contributed by atoms with Crippen LogP contribution in [0.25, 0.3) is 0 Å². The molecule has 0 atom stereocenters. The second kappa shape index (κ2) is 9.47. The van der Waals surface area contributed by atoms with Gasteiger partial charge in [-0.25, -0.2) is 0 Å². The number of hydrogen-bond acceptors (Lipinski definition) is 3. The summed E-state index contributed by atoms with van der Waals surface area (Å²) in [5, 5.41) is 2.79. The summed E-state index contributed by atoms with van der Waals surface area (Å²) in [6, 6.07) is 24.0. The lowest BCUT2D eigenvalue weighted by atomic mass is 9.87. The normalized spacial score (nSPS) is 11.0. The number of nitrogens with zero attached hydrogens (tertiary/aromatic N) is 1. The zero-order valence-corrected chi connectivity index (χ0v) is 18.4. The lowest BCUT2D eigenvalue weighted by molar-refractivity contribution is -0.118. The summed E-state index contributed by atoms with van der Waals surface area (Å²) >= 11 is 0. The van der Waals surface area contributed by atoms with Crippen molar-refractivity contribution in [3.8, 4) is 5.75 Å². The first kappa shape index (κ1) is 22.1. The smallest absolute Gasteiger partial charge is 0.262 e. The van der Waals surface area contributed by atoms with Gasteiger partial charge in [-0.3, -0.25) is 9.59 Å². The molecule has 0 radical (unpaired) electrons. The predicted octanol–water partition coefficient (Wildman–Crippen LogP) is 5.28. The van der Waals surface area contributed by atoms with Gasteiger partial charge in [-0.1, -0.05) is 51.1 Å². The molecule has 0 aliphatic carbocycles. The molecule has 0 bridgehead atoms. The highest BCUT2D eigenvalue weighted by molar-refractivity contribution is 6.06. The van der Waals surface area contributed by atoms with E-state index in [1.165, 1.54) is 5.56 Å². The molecule has 5 heteroatoms. The average molecular weight is 417 g/mol. The first-order valence-corrected chi connectivity index (χ1v) is 10.2. The highest BCUT2D eigenvalue weighted by atomic mass is 16.5. The summed E-state index contributed by atoms with van der Waals surface area (Å²) in [5.41, 5.74) is 3.24. The summed E-state index contributed by atoms with van der Waals surface area (Å²) in [4.78, 5) is 26.4. The van der Waals surface area contributed by atoms with Gasteiger partial charge in [0.25, 0.3) is 11.8 Å². The van der Waals surface area contributed by atoms with Gasteiger partial charge < -0.3 is 15.0 Å². The highest BCUT2D eigenvalue weighted by Gasteiger charge is 2.14. The molecule has 0 aliphatic rings. The molecule has 3 rings (SSSR count). The second-order valence-electron chi connectivity index (χ2n) is 8.39. The highest BCUT2D eigenvalue weighted by Crippen LogP contribution is 2.24. The number of anilines is 2. The Morgan fingerprint density at radius 1 is 0.871 bits per heavy atom. The van der Waals surface area contributed by atoms with Crippen LogP contribution in [0, 0.1) is 0 Å². The minimum absolute atomic E-state index is 0.0688. The van der Waals surface area contributed by atoms with Gasteiger partial charge in [-0.2, -0.15) is 0 Å². The molecule has 2 amide bonds. The molecule has 0 aliphatic heterocycles. The van der Waals surface area contributed by atoms with Crippen LogP contribution in [0.15, 0.2) is 78.9 Å². The van der Waals surface area contributed by atoms with E-state index in [0.29, 0.717) is 17.0 Å². The molecule has 0 saturated carbocycles. The summed E-state index contributed by atoms with van der Waals surface area (Å²) in [6.45, 7) is 6.35. The second-order valence-corrected chi connectivity index (χ2v) is 8.39. The lowest BCUT2D eigenvalue weighted by Crippen LogP contribution is -2.26. The van der Waals surface area contributed by atoms with Crippen LogP contribution in [0.3, 0.4) is 0 Å². The van der Waals surface area contributed by atoms with Gasteiger partial charge in [0.1, 0.15) is 5.75 Å². The Balaban J connectivity index is 1.53. The molecule has 5 nitrogen and oxygen atoms in total. The third-order valence-electron chi connectivity index (χ3n) is 4.95. The van der Waals surface area contributed by atoms with E-state index in [-0.39, 0.29) is 23.8 Å². The number of rotatable bonds is 6. The topological polar surface area (TPSA) is 58.6 Å². The van der Waals surface area contributed by atoms with Crippen LogP contribution < -0.4 is 15.0 Å². The molecule has 0 unspecified atom stereocenters. The predicted molar refractivity (Wildman–Crippen MR) is 125 cm³/mol. The Labute approximate surface area is 183 Å². The van der Waals surface area contributed by atoms with Crippen molar-refractivity contribution in [2.75, 3.05) is 23.9 Å². The quantitative estimate of drug-likeness (QED) is 0.595. The maximum absolute atomic E-state index is 12.6. The third-order valence-corrected chi connectivity index (χ3v) is 4.95. The van der Waals surface area contributed by atoms with Gasteiger partial charge in [0.05, 0.1) is 0 Å². The largest absolute Gasteiger partial charge is 0.484 e. The molecule has 3 aromatic carbocycles. The number of nitrogens with one attached hydrogen (secondary N) is 1. The number of benzene rings is 3. The van der Waals surface area contributed by atoms with Crippen LogP contribution >= 0.6 is 0 Å². The van der Waals surface area contributed by atoms with E-state index >= 15 is 0 Å². The lowest BCUT2D eigenvalue weighted by Gasteiger charge is -2.19. The molecule has 0 saturated heterocycles. The van der Waals surface area contributed by atoms with Gasteiger partial charge in [0, 0.05) is 24.0 Å². The molecule has 1 N–H and O–H groups in total. The van der Waals surface area contributed by atoms with Crippen LogP contribution in [0.4, 0.5) is 11.4 Å². The molecule has 3 aromatic rings. The van der Waals surface area contributed by atoms with Gasteiger partial charge >= 0.3 is 0 Å². The molecule has 160 valence electrons. The molecule has 0 heterocycles. The van der Waals surface area contributed by atoms with Gasteiger partial charge in [-0.05, 0) is 59.5 Å². The van der Waals surface area contributed by atoms with Crippen molar-refractivity contribution in [3.63, 3.8) is 0 Å². The van der Waals surface area contributed by atoms with Gasteiger partial charge in [0.15, 0.2) is 6.61 Å². The number of amides is 2. The zero-order valence-electron chi connectivity index (χ0n) is 18.4. The van der Waals surface area contributed by atoms with Crippen LogP contribution in [0.2, 0.25) is 0 Å². The van der Waals surface area contributed by atoms with Crippen LogP contribution in [-0.2, 0) is 10.2 Å². The van der Waals surface area contributed by atoms with Crippen molar-refractivity contribution in [1.82, 2.24) is 0 Å². The Morgan fingerprint density at radius 3 is 2.06 bits per heavy atom. The van der Waals surface area contributed by atoms with E-state index < -0.39 is 0 Å². The molecule has 31 heavy (non-hydrogen) atoms. The first-order chi connectivity index (χ1) is 14.7.